The minimum Gasteiger partial charge on any atom is -0.493 e. The topological polar surface area (TPSA) is 124 Å². The van der Waals surface area contributed by atoms with E-state index in [1.807, 2.05) is 13.8 Å². The minimum absolute atomic E-state index is 0.0104. The van der Waals surface area contributed by atoms with Crippen LogP contribution in [0.15, 0.2) is 65.3 Å². The minimum atomic E-state index is -0.684. The molecule has 1 aliphatic carbocycles. The first-order valence-electron chi connectivity index (χ1n) is 11.3. The van der Waals surface area contributed by atoms with Crippen molar-refractivity contribution in [1.29, 1.82) is 5.26 Å². The highest BCUT2D eigenvalue weighted by Gasteiger charge is 2.43. The van der Waals surface area contributed by atoms with Gasteiger partial charge in [0.2, 0.25) is 5.88 Å². The van der Waals surface area contributed by atoms with Crippen molar-refractivity contribution in [2.24, 2.45) is 11.1 Å². The van der Waals surface area contributed by atoms with E-state index in [2.05, 4.69) is 11.4 Å². The lowest BCUT2D eigenvalue weighted by Gasteiger charge is -2.37. The van der Waals surface area contributed by atoms with E-state index in [1.54, 1.807) is 42.5 Å². The first-order chi connectivity index (χ1) is 17.1. The van der Waals surface area contributed by atoms with Crippen LogP contribution < -0.4 is 20.5 Å². The number of halogens is 1. The van der Waals surface area contributed by atoms with Gasteiger partial charge >= 0.3 is 0 Å². The predicted molar refractivity (Wildman–Crippen MR) is 134 cm³/mol. The number of rotatable bonds is 6. The van der Waals surface area contributed by atoms with Crippen LogP contribution in [0.25, 0.3) is 0 Å². The zero-order valence-corrected chi connectivity index (χ0v) is 20.9. The van der Waals surface area contributed by atoms with E-state index >= 15 is 0 Å². The van der Waals surface area contributed by atoms with Crippen molar-refractivity contribution >= 4 is 29.0 Å². The molecule has 8 nitrogen and oxygen atoms in total. The molecule has 1 amide bonds. The Hall–Kier alpha value is -3.96. The normalized spacial score (nSPS) is 18.6. The molecule has 9 heteroatoms. The Kier molecular flexibility index (Phi) is 6.95. The number of carbonyl (C=O) groups is 2. The van der Waals surface area contributed by atoms with Crippen LogP contribution in [0.5, 0.6) is 11.5 Å². The number of anilines is 1. The summed E-state index contributed by atoms with van der Waals surface area (Å²) in [5.41, 5.74) is 7.61. The second kappa shape index (κ2) is 9.96. The molecule has 0 saturated heterocycles. The maximum Gasteiger partial charge on any atom is 0.262 e. The summed E-state index contributed by atoms with van der Waals surface area (Å²) in [4.78, 5) is 25.5. The number of nitrogens with two attached hydrogens (primary N) is 1. The van der Waals surface area contributed by atoms with Crippen LogP contribution in [0.2, 0.25) is 5.02 Å². The third-order valence-corrected chi connectivity index (χ3v) is 6.30. The number of carbonyl (C=O) groups excluding carboxylic acids is 2. The van der Waals surface area contributed by atoms with Gasteiger partial charge in [0.15, 0.2) is 23.9 Å². The summed E-state index contributed by atoms with van der Waals surface area (Å²) in [6.07, 6.45) is 0.869. The quantitative estimate of drug-likeness (QED) is 0.574. The number of allylic oxidation sites excluding steroid dienone is 3. The fourth-order valence-electron chi connectivity index (χ4n) is 4.51. The molecule has 1 heterocycles. The lowest BCUT2D eigenvalue weighted by molar-refractivity contribution is -0.119. The highest BCUT2D eigenvalue weighted by atomic mass is 35.5. The van der Waals surface area contributed by atoms with Gasteiger partial charge in [-0.3, -0.25) is 9.59 Å². The fraction of sp³-hybridized carbons (Fsp3) is 0.296. The molecule has 0 bridgehead atoms. The standard InChI is InChI=1S/C27H26ClN3O5/c1-27(2)11-19(32)25-22(12-27)36-26(30)18(13-29)24(25)15-7-8-20(21(9-15)34-3)35-14-23(33)31-17-6-4-5-16(28)10-17/h4-10,24H,11-12,14,30H2,1-3H3,(H,31,33)/t24-/m0/s1. The monoisotopic (exact) mass is 507 g/mol. The van der Waals surface area contributed by atoms with E-state index in [1.165, 1.54) is 7.11 Å². The summed E-state index contributed by atoms with van der Waals surface area (Å²) >= 11 is 5.95. The maximum atomic E-state index is 13.1. The highest BCUT2D eigenvalue weighted by molar-refractivity contribution is 6.30. The molecule has 1 atom stereocenters. The van der Waals surface area contributed by atoms with Crippen molar-refractivity contribution in [3.05, 3.63) is 75.8 Å². The van der Waals surface area contributed by atoms with Gasteiger partial charge in [0, 0.05) is 29.1 Å². The smallest absolute Gasteiger partial charge is 0.262 e. The summed E-state index contributed by atoms with van der Waals surface area (Å²) in [7, 11) is 1.47. The van der Waals surface area contributed by atoms with Crippen LogP contribution in [-0.2, 0) is 14.3 Å². The third-order valence-electron chi connectivity index (χ3n) is 6.06. The molecule has 0 fully saturated rings. The molecule has 2 aliphatic rings. The van der Waals surface area contributed by atoms with Gasteiger partial charge in [-0.2, -0.15) is 5.26 Å². The largest absolute Gasteiger partial charge is 0.493 e. The number of benzene rings is 2. The number of nitrogens with one attached hydrogen (secondary N) is 1. The first kappa shape index (κ1) is 25.1. The molecule has 0 spiro atoms. The lowest BCUT2D eigenvalue weighted by Crippen LogP contribution is -2.33. The van der Waals surface area contributed by atoms with Crippen LogP contribution in [0.3, 0.4) is 0 Å². The Bertz CT molecular complexity index is 1340. The van der Waals surface area contributed by atoms with Gasteiger partial charge < -0.3 is 25.3 Å². The second-order valence-electron chi connectivity index (χ2n) is 9.46. The molecule has 0 radical (unpaired) electrons. The molecule has 3 N–H and O–H groups in total. The molecule has 0 unspecified atom stereocenters. The average Bonchev–Trinajstić information content (AvgIpc) is 2.81. The number of methoxy groups -OCH3 is 1. The SMILES string of the molecule is COc1cc([C@H]2C(C#N)=C(N)OC3=C2C(=O)CC(C)(C)C3)ccc1OCC(=O)Nc1cccc(Cl)c1. The number of ether oxygens (including phenoxy) is 3. The second-order valence-corrected chi connectivity index (χ2v) is 9.90. The fourth-order valence-corrected chi connectivity index (χ4v) is 4.70. The number of hydrogen-bond donors (Lipinski definition) is 2. The Labute approximate surface area is 214 Å². The molecule has 186 valence electrons. The zero-order valence-electron chi connectivity index (χ0n) is 20.2. The Morgan fingerprint density at radius 1 is 1.25 bits per heavy atom. The Balaban J connectivity index is 1.59. The number of ketones is 1. The van der Waals surface area contributed by atoms with Crippen molar-refractivity contribution in [2.45, 2.75) is 32.6 Å². The van der Waals surface area contributed by atoms with Gasteiger partial charge in [-0.05, 0) is 41.3 Å². The molecule has 1 aliphatic heterocycles. The molecule has 2 aromatic rings. The molecular formula is C27H26ClN3O5. The number of amides is 1. The number of hydrogen-bond acceptors (Lipinski definition) is 7. The Morgan fingerprint density at radius 3 is 2.72 bits per heavy atom. The van der Waals surface area contributed by atoms with E-state index in [0.717, 1.165) is 0 Å². The molecule has 4 rings (SSSR count). The van der Waals surface area contributed by atoms with Gasteiger partial charge in [-0.25, -0.2) is 0 Å². The summed E-state index contributed by atoms with van der Waals surface area (Å²) < 4.78 is 16.9. The molecular weight excluding hydrogens is 482 g/mol. The number of Topliss-reactive ketones (excluding diaryl/α,β-unsaturated/α-hetero) is 1. The molecule has 36 heavy (non-hydrogen) atoms. The first-order valence-corrected chi connectivity index (χ1v) is 11.7. The van der Waals surface area contributed by atoms with Crippen LogP contribution in [0.4, 0.5) is 5.69 Å². The van der Waals surface area contributed by atoms with Crippen LogP contribution in [0.1, 0.15) is 38.2 Å². The molecule has 0 aromatic heterocycles. The number of nitriles is 1. The van der Waals surface area contributed by atoms with Crippen molar-refractivity contribution in [2.75, 3.05) is 19.0 Å². The Morgan fingerprint density at radius 2 is 2.03 bits per heavy atom. The summed E-state index contributed by atoms with van der Waals surface area (Å²) in [6.45, 7) is 3.72. The van der Waals surface area contributed by atoms with Crippen molar-refractivity contribution in [3.63, 3.8) is 0 Å². The molecule has 0 saturated carbocycles. The average molecular weight is 508 g/mol. The van der Waals surface area contributed by atoms with Crippen LogP contribution in [0, 0.1) is 16.7 Å². The van der Waals surface area contributed by atoms with E-state index in [-0.39, 0.29) is 35.2 Å². The maximum absolute atomic E-state index is 13.1. The van der Waals surface area contributed by atoms with Crippen molar-refractivity contribution in [3.8, 4) is 17.6 Å². The highest BCUT2D eigenvalue weighted by Crippen LogP contribution is 2.48. The summed E-state index contributed by atoms with van der Waals surface area (Å²) in [5.74, 6) is 0.0188. The van der Waals surface area contributed by atoms with E-state index in [4.69, 9.17) is 31.5 Å². The number of nitrogens with zero attached hydrogens (tertiary/aromatic N) is 1. The van der Waals surface area contributed by atoms with Gasteiger partial charge in [-0.15, -0.1) is 0 Å². The summed E-state index contributed by atoms with van der Waals surface area (Å²) in [6, 6.07) is 13.9. The summed E-state index contributed by atoms with van der Waals surface area (Å²) in [5, 5.41) is 13.0. The third kappa shape index (κ3) is 5.16. The van der Waals surface area contributed by atoms with Crippen molar-refractivity contribution in [1.82, 2.24) is 0 Å². The van der Waals surface area contributed by atoms with Crippen molar-refractivity contribution < 1.29 is 23.8 Å². The van der Waals surface area contributed by atoms with E-state index in [0.29, 0.717) is 51.9 Å². The van der Waals surface area contributed by atoms with Gasteiger partial charge in [0.1, 0.15) is 17.4 Å². The van der Waals surface area contributed by atoms with E-state index < -0.39 is 5.92 Å². The van der Waals surface area contributed by atoms with Crippen LogP contribution >= 0.6 is 11.6 Å². The zero-order chi connectivity index (χ0) is 26.0. The lowest BCUT2D eigenvalue weighted by atomic mass is 9.70. The predicted octanol–water partition coefficient (Wildman–Crippen LogP) is 4.82. The van der Waals surface area contributed by atoms with Gasteiger partial charge in [0.05, 0.1) is 13.0 Å². The van der Waals surface area contributed by atoms with Crippen LogP contribution in [-0.4, -0.2) is 25.4 Å². The molecule has 2 aromatic carbocycles. The van der Waals surface area contributed by atoms with E-state index in [9.17, 15) is 14.9 Å². The van der Waals surface area contributed by atoms with Gasteiger partial charge in [0.25, 0.3) is 5.91 Å². The van der Waals surface area contributed by atoms with Gasteiger partial charge in [-0.1, -0.05) is 37.6 Å².